The molecule has 6 nitrogen and oxygen atoms in total. The van der Waals surface area contributed by atoms with Crippen molar-refractivity contribution < 1.29 is 22.7 Å². The molecule has 0 radical (unpaired) electrons. The van der Waals surface area contributed by atoms with Crippen molar-refractivity contribution >= 4 is 21.5 Å². The molecule has 24 heavy (non-hydrogen) atoms. The van der Waals surface area contributed by atoms with Crippen LogP contribution in [0.5, 0.6) is 5.75 Å². The fourth-order valence-corrected chi connectivity index (χ4v) is 5.30. The first-order valence-corrected chi connectivity index (χ1v) is 9.66. The summed E-state index contributed by atoms with van der Waals surface area (Å²) in [5.74, 6) is -1.01. The molecular weight excluding hydrogens is 335 g/mol. The van der Waals surface area contributed by atoms with Crippen LogP contribution in [0.25, 0.3) is 0 Å². The summed E-state index contributed by atoms with van der Waals surface area (Å²) < 4.78 is 36.7. The summed E-state index contributed by atoms with van der Waals surface area (Å²) in [7, 11) is -3.02. The molecule has 1 saturated heterocycles. The zero-order chi connectivity index (χ0) is 17.5. The second kappa shape index (κ2) is 6.16. The Balaban J connectivity index is 1.71. The largest absolute Gasteiger partial charge is 0.507 e. The topological polar surface area (TPSA) is 95.8 Å². The third kappa shape index (κ3) is 3.28. The Hall–Kier alpha value is -1.96. The van der Waals surface area contributed by atoms with Crippen molar-refractivity contribution in [1.29, 1.82) is 0 Å². The van der Waals surface area contributed by atoms with Crippen molar-refractivity contribution in [2.45, 2.75) is 32.1 Å². The molecule has 1 aliphatic heterocycles. The van der Waals surface area contributed by atoms with Gasteiger partial charge in [0.05, 0.1) is 17.2 Å². The van der Waals surface area contributed by atoms with Crippen molar-refractivity contribution in [3.8, 4) is 5.75 Å². The second-order valence-electron chi connectivity index (χ2n) is 6.53. The number of fused-ring (bicyclic) bond motifs is 1. The molecule has 8 heteroatoms. The predicted octanol–water partition coefficient (Wildman–Crippen LogP) is 1.68. The SMILES string of the molecule is C[C@H]1C/C(=N\NC(=O)C[C@@H]2CCS(=O)(=O)C2)c2c(O)ccc(F)c21. The monoisotopic (exact) mass is 354 g/mol. The molecule has 1 aliphatic carbocycles. The van der Waals surface area contributed by atoms with E-state index in [1.807, 2.05) is 6.92 Å². The maximum Gasteiger partial charge on any atom is 0.240 e. The quantitative estimate of drug-likeness (QED) is 0.807. The van der Waals surface area contributed by atoms with Gasteiger partial charge >= 0.3 is 0 Å². The van der Waals surface area contributed by atoms with Gasteiger partial charge in [0.25, 0.3) is 0 Å². The number of phenols is 1. The van der Waals surface area contributed by atoms with Crippen LogP contribution in [-0.2, 0) is 14.6 Å². The zero-order valence-corrected chi connectivity index (χ0v) is 14.1. The lowest BCUT2D eigenvalue weighted by molar-refractivity contribution is -0.121. The number of sulfone groups is 1. The lowest BCUT2D eigenvalue weighted by atomic mass is 10.0. The molecule has 0 saturated carbocycles. The van der Waals surface area contributed by atoms with Gasteiger partial charge in [-0.15, -0.1) is 0 Å². The van der Waals surface area contributed by atoms with Crippen LogP contribution in [0.15, 0.2) is 17.2 Å². The van der Waals surface area contributed by atoms with Crippen molar-refractivity contribution in [3.63, 3.8) is 0 Å². The number of benzene rings is 1. The average Bonchev–Trinajstić information content (AvgIpc) is 3.01. The number of carbonyl (C=O) groups excluding carboxylic acids is 1. The first-order chi connectivity index (χ1) is 11.3. The van der Waals surface area contributed by atoms with Crippen LogP contribution in [0.1, 0.15) is 43.2 Å². The highest BCUT2D eigenvalue weighted by molar-refractivity contribution is 7.91. The van der Waals surface area contributed by atoms with Gasteiger partial charge in [0, 0.05) is 17.5 Å². The van der Waals surface area contributed by atoms with Crippen LogP contribution in [0, 0.1) is 11.7 Å². The van der Waals surface area contributed by atoms with Crippen molar-refractivity contribution in [2.24, 2.45) is 11.0 Å². The van der Waals surface area contributed by atoms with Gasteiger partial charge in [-0.2, -0.15) is 5.10 Å². The second-order valence-corrected chi connectivity index (χ2v) is 8.76. The molecule has 0 spiro atoms. The molecule has 1 aromatic rings. The summed E-state index contributed by atoms with van der Waals surface area (Å²) in [5, 5.41) is 14.0. The van der Waals surface area contributed by atoms with Crippen LogP contribution in [0.3, 0.4) is 0 Å². The standard InChI is InChI=1S/C16H19FN2O4S/c1-9-6-12(16-13(20)3-2-11(17)15(9)16)18-19-14(21)7-10-4-5-24(22,23)8-10/h2-3,9-10,20H,4-8H2,1H3,(H,19,21)/b18-12+/t9-,10-/m0/s1. The Morgan fingerprint density at radius 3 is 2.88 bits per heavy atom. The molecule has 1 fully saturated rings. The number of amides is 1. The number of aromatic hydroxyl groups is 1. The molecule has 2 atom stereocenters. The van der Waals surface area contributed by atoms with Crippen molar-refractivity contribution in [3.05, 3.63) is 29.1 Å². The molecule has 2 N–H and O–H groups in total. The predicted molar refractivity (Wildman–Crippen MR) is 87.2 cm³/mol. The molecule has 0 aromatic heterocycles. The van der Waals surface area contributed by atoms with Gasteiger partial charge in [0.2, 0.25) is 5.91 Å². The lowest BCUT2D eigenvalue weighted by Gasteiger charge is -2.07. The highest BCUT2D eigenvalue weighted by Gasteiger charge is 2.32. The number of phenolic OH excluding ortho intramolecular Hbond substituents is 1. The molecule has 130 valence electrons. The van der Waals surface area contributed by atoms with Gasteiger partial charge in [-0.1, -0.05) is 6.92 Å². The summed E-state index contributed by atoms with van der Waals surface area (Å²) in [6.07, 6.45) is 0.994. The number of hydrogen-bond donors (Lipinski definition) is 2. The van der Waals surface area contributed by atoms with Crippen LogP contribution in [-0.4, -0.2) is 36.6 Å². The number of carbonyl (C=O) groups is 1. The van der Waals surface area contributed by atoms with E-state index in [9.17, 15) is 22.7 Å². The molecular formula is C16H19FN2O4S. The molecule has 0 unspecified atom stereocenters. The third-order valence-electron chi connectivity index (χ3n) is 4.57. The van der Waals surface area contributed by atoms with E-state index in [1.54, 1.807) is 0 Å². The van der Waals surface area contributed by atoms with Gasteiger partial charge in [0.1, 0.15) is 11.6 Å². The van der Waals surface area contributed by atoms with E-state index in [2.05, 4.69) is 10.5 Å². The van der Waals surface area contributed by atoms with Crippen molar-refractivity contribution in [1.82, 2.24) is 5.43 Å². The van der Waals surface area contributed by atoms with Gasteiger partial charge in [0.15, 0.2) is 9.84 Å². The highest BCUT2D eigenvalue weighted by atomic mass is 32.2. The maximum absolute atomic E-state index is 13.9. The van der Waals surface area contributed by atoms with E-state index in [-0.39, 0.29) is 41.4 Å². The Morgan fingerprint density at radius 1 is 1.46 bits per heavy atom. The summed E-state index contributed by atoms with van der Waals surface area (Å²) in [5.41, 5.74) is 3.59. The summed E-state index contributed by atoms with van der Waals surface area (Å²) >= 11 is 0. The summed E-state index contributed by atoms with van der Waals surface area (Å²) in [6, 6.07) is 2.49. The van der Waals surface area contributed by atoms with Gasteiger partial charge in [-0.25, -0.2) is 18.2 Å². The fraction of sp³-hybridized carbons (Fsp3) is 0.500. The highest BCUT2D eigenvalue weighted by Crippen LogP contribution is 2.39. The van der Waals surface area contributed by atoms with Crippen LogP contribution < -0.4 is 5.43 Å². The smallest absolute Gasteiger partial charge is 0.240 e. The van der Waals surface area contributed by atoms with E-state index < -0.39 is 15.7 Å². The van der Waals surface area contributed by atoms with E-state index in [0.29, 0.717) is 29.7 Å². The summed E-state index contributed by atoms with van der Waals surface area (Å²) in [4.78, 5) is 12.0. The number of hydrogen-bond acceptors (Lipinski definition) is 5. The van der Waals surface area contributed by atoms with E-state index in [1.165, 1.54) is 12.1 Å². The van der Waals surface area contributed by atoms with Crippen molar-refractivity contribution in [2.75, 3.05) is 11.5 Å². The Labute approximate surface area is 139 Å². The number of halogens is 1. The number of hydrazone groups is 1. The molecule has 1 amide bonds. The minimum Gasteiger partial charge on any atom is -0.507 e. The van der Waals surface area contributed by atoms with E-state index in [4.69, 9.17) is 0 Å². The van der Waals surface area contributed by atoms with Crippen LogP contribution in [0.2, 0.25) is 0 Å². The van der Waals surface area contributed by atoms with Crippen LogP contribution >= 0.6 is 0 Å². The molecule has 1 aromatic carbocycles. The normalized spacial score (nSPS) is 26.5. The Bertz CT molecular complexity index is 820. The van der Waals surface area contributed by atoms with Gasteiger partial charge in [-0.3, -0.25) is 4.79 Å². The van der Waals surface area contributed by atoms with Gasteiger partial charge < -0.3 is 5.11 Å². The first kappa shape index (κ1) is 16.9. The average molecular weight is 354 g/mol. The first-order valence-electron chi connectivity index (χ1n) is 7.84. The van der Waals surface area contributed by atoms with Crippen LogP contribution in [0.4, 0.5) is 4.39 Å². The lowest BCUT2D eigenvalue weighted by Crippen LogP contribution is -2.23. The molecule has 3 rings (SSSR count). The number of rotatable bonds is 3. The van der Waals surface area contributed by atoms with E-state index >= 15 is 0 Å². The minimum atomic E-state index is -3.02. The molecule has 1 heterocycles. The zero-order valence-electron chi connectivity index (χ0n) is 13.3. The Morgan fingerprint density at radius 2 is 2.21 bits per heavy atom. The van der Waals surface area contributed by atoms with Gasteiger partial charge in [-0.05, 0) is 36.8 Å². The summed E-state index contributed by atoms with van der Waals surface area (Å²) in [6.45, 7) is 1.83. The fourth-order valence-electron chi connectivity index (χ4n) is 3.43. The third-order valence-corrected chi connectivity index (χ3v) is 6.40. The Kier molecular flexibility index (Phi) is 4.33. The number of nitrogens with one attached hydrogen (secondary N) is 1. The van der Waals surface area contributed by atoms with E-state index in [0.717, 1.165) is 0 Å². The number of nitrogens with zero attached hydrogens (tertiary/aromatic N) is 1. The molecule has 0 bridgehead atoms. The molecule has 2 aliphatic rings. The maximum atomic E-state index is 13.9. The minimum absolute atomic E-state index is 0.0306.